The van der Waals surface area contributed by atoms with E-state index in [-0.39, 0.29) is 5.91 Å². The van der Waals surface area contributed by atoms with E-state index < -0.39 is 0 Å². The van der Waals surface area contributed by atoms with Crippen LogP contribution >= 0.6 is 11.8 Å². The van der Waals surface area contributed by atoms with Gasteiger partial charge in [-0.3, -0.25) is 4.79 Å². The summed E-state index contributed by atoms with van der Waals surface area (Å²) in [6.07, 6.45) is 2.47. The highest BCUT2D eigenvalue weighted by Gasteiger charge is 2.22. The Bertz CT molecular complexity index is 1210. The van der Waals surface area contributed by atoms with Crippen LogP contribution in [-0.4, -0.2) is 64.7 Å². The van der Waals surface area contributed by atoms with Crippen molar-refractivity contribution < 1.29 is 9.00 Å². The maximum atomic E-state index is 12.8. The van der Waals surface area contributed by atoms with Crippen molar-refractivity contribution in [3.8, 4) is 11.3 Å². The molecule has 0 saturated carbocycles. The summed E-state index contributed by atoms with van der Waals surface area (Å²) in [5, 5.41) is 12.4. The molecule has 36 heavy (non-hydrogen) atoms. The van der Waals surface area contributed by atoms with Crippen molar-refractivity contribution in [2.75, 3.05) is 38.5 Å². The molecular formula is C27H33N5O2S2. The number of fused-ring (bicyclic) bond motifs is 3. The quantitative estimate of drug-likeness (QED) is 0.449. The molecule has 3 heterocycles. The lowest BCUT2D eigenvalue weighted by Gasteiger charge is -2.27. The fourth-order valence-electron chi connectivity index (χ4n) is 4.63. The molecule has 5 rings (SSSR count). The van der Waals surface area contributed by atoms with Crippen molar-refractivity contribution in [3.05, 3.63) is 64.2 Å². The first-order valence-electron chi connectivity index (χ1n) is 12.1. The van der Waals surface area contributed by atoms with Crippen molar-refractivity contribution in [2.24, 2.45) is 5.73 Å². The third-order valence-electron chi connectivity index (χ3n) is 6.32. The van der Waals surface area contributed by atoms with Crippen LogP contribution in [0.2, 0.25) is 0 Å². The van der Waals surface area contributed by atoms with Crippen molar-refractivity contribution in [1.82, 2.24) is 15.2 Å². The SMILES string of the molecule is CCN.Cc1ccc2nc(-c3ccc(C(=O)N4CCNCC4)cc3)c3c(c2c1C=N)CCSC3.O=S. The topological polar surface area (TPSA) is 112 Å². The van der Waals surface area contributed by atoms with E-state index in [4.69, 9.17) is 20.3 Å². The molecule has 0 atom stereocenters. The number of nitrogens with two attached hydrogens (primary N) is 1. The molecule has 0 unspecified atom stereocenters. The molecule has 0 aliphatic carbocycles. The lowest BCUT2D eigenvalue weighted by Crippen LogP contribution is -2.46. The number of thioether (sulfide) groups is 1. The molecule has 1 fully saturated rings. The fraction of sp³-hybridized carbons (Fsp3) is 0.370. The Morgan fingerprint density at radius 3 is 2.47 bits per heavy atom. The zero-order chi connectivity index (χ0) is 26.1. The number of amides is 1. The molecule has 7 nitrogen and oxygen atoms in total. The molecule has 0 bridgehead atoms. The van der Waals surface area contributed by atoms with Crippen LogP contribution in [0.4, 0.5) is 0 Å². The summed E-state index contributed by atoms with van der Waals surface area (Å²) < 4.78 is 7.83. The molecule has 0 radical (unpaired) electrons. The molecule has 2 aliphatic rings. The van der Waals surface area contributed by atoms with Gasteiger partial charge in [0.1, 0.15) is 0 Å². The number of benzene rings is 2. The van der Waals surface area contributed by atoms with Gasteiger partial charge in [0.05, 0.1) is 11.2 Å². The number of nitrogens with zero attached hydrogens (tertiary/aromatic N) is 2. The van der Waals surface area contributed by atoms with Gasteiger partial charge >= 0.3 is 0 Å². The first-order valence-corrected chi connectivity index (χ1v) is 13.6. The van der Waals surface area contributed by atoms with Gasteiger partial charge in [0.2, 0.25) is 0 Å². The number of aryl methyl sites for hydroxylation is 2. The molecule has 2 aliphatic heterocycles. The lowest BCUT2D eigenvalue weighted by molar-refractivity contribution is 0.0736. The Labute approximate surface area is 222 Å². The van der Waals surface area contributed by atoms with Crippen LogP contribution in [0.15, 0.2) is 36.4 Å². The number of hydrogen-bond acceptors (Lipinski definition) is 8. The normalized spacial score (nSPS) is 14.6. The van der Waals surface area contributed by atoms with E-state index in [0.29, 0.717) is 0 Å². The zero-order valence-electron chi connectivity index (χ0n) is 20.8. The zero-order valence-corrected chi connectivity index (χ0v) is 22.4. The molecule has 1 saturated heterocycles. The summed E-state index contributed by atoms with van der Waals surface area (Å²) in [5.41, 5.74) is 13.3. The fourth-order valence-corrected chi connectivity index (χ4v) is 5.64. The summed E-state index contributed by atoms with van der Waals surface area (Å²) >= 11 is 4.77. The standard InChI is InChI=1S/C25H26N4OS.C2H7N.OS/c1-16-2-7-22-23(20(16)14-26)19-8-13-31-15-21(19)24(28-22)17-3-5-18(6-4-17)25(30)29-11-9-27-10-12-29;1-2-3;1-2/h2-7,14,26-27H,8-13,15H2,1H3;2-3H2,1H3;. The minimum atomic E-state index is 0.100. The van der Waals surface area contributed by atoms with Crippen LogP contribution in [0.1, 0.15) is 39.5 Å². The average molecular weight is 524 g/mol. The van der Waals surface area contributed by atoms with E-state index in [1.165, 1.54) is 17.3 Å². The van der Waals surface area contributed by atoms with E-state index in [9.17, 15) is 4.79 Å². The predicted octanol–water partition coefficient (Wildman–Crippen LogP) is 3.67. The van der Waals surface area contributed by atoms with Gasteiger partial charge in [0, 0.05) is 60.2 Å². The van der Waals surface area contributed by atoms with E-state index >= 15 is 0 Å². The molecule has 2 aromatic carbocycles. The highest BCUT2D eigenvalue weighted by atomic mass is 32.2. The highest BCUT2D eigenvalue weighted by molar-refractivity contribution is 7.98. The Hall–Kier alpha value is -2.72. The second kappa shape index (κ2) is 13.5. The third kappa shape index (κ3) is 5.98. The largest absolute Gasteiger partial charge is 0.336 e. The molecule has 3 aromatic rings. The van der Waals surface area contributed by atoms with Crippen molar-refractivity contribution in [1.29, 1.82) is 5.41 Å². The third-order valence-corrected chi connectivity index (χ3v) is 7.31. The van der Waals surface area contributed by atoms with Gasteiger partial charge in [-0.05, 0) is 60.5 Å². The Kier molecular flexibility index (Phi) is 10.5. The smallest absolute Gasteiger partial charge is 0.253 e. The van der Waals surface area contributed by atoms with Crippen molar-refractivity contribution in [2.45, 2.75) is 26.0 Å². The number of aromatic nitrogens is 1. The molecule has 1 amide bonds. The minimum absolute atomic E-state index is 0.100. The summed E-state index contributed by atoms with van der Waals surface area (Å²) in [7, 11) is 0. The van der Waals surface area contributed by atoms with Gasteiger partial charge in [-0.15, -0.1) is 0 Å². The summed E-state index contributed by atoms with van der Waals surface area (Å²) in [6.45, 7) is 7.93. The predicted molar refractivity (Wildman–Crippen MR) is 151 cm³/mol. The molecule has 9 heteroatoms. The number of hydrogen-bond donors (Lipinski definition) is 3. The Balaban J connectivity index is 0.000000674. The number of nitrogens with one attached hydrogen (secondary N) is 2. The molecule has 190 valence electrons. The van der Waals surface area contributed by atoms with Crippen LogP contribution in [0, 0.1) is 12.3 Å². The van der Waals surface area contributed by atoms with E-state index in [0.717, 1.165) is 89.5 Å². The van der Waals surface area contributed by atoms with Gasteiger partial charge in [-0.2, -0.15) is 16.0 Å². The highest BCUT2D eigenvalue weighted by Crippen LogP contribution is 2.38. The number of piperazine rings is 1. The van der Waals surface area contributed by atoms with Gasteiger partial charge in [0.15, 0.2) is 12.5 Å². The number of carbonyl (C=O) groups excluding carboxylic acids is 1. The summed E-state index contributed by atoms with van der Waals surface area (Å²) in [5.74, 6) is 2.12. The monoisotopic (exact) mass is 523 g/mol. The Morgan fingerprint density at radius 1 is 1.17 bits per heavy atom. The maximum absolute atomic E-state index is 12.8. The van der Waals surface area contributed by atoms with Crippen LogP contribution < -0.4 is 11.1 Å². The molecule has 4 N–H and O–H groups in total. The number of pyridine rings is 1. The van der Waals surface area contributed by atoms with Crippen LogP contribution in [0.25, 0.3) is 22.2 Å². The molecule has 1 aromatic heterocycles. The molecule has 0 spiro atoms. The van der Waals surface area contributed by atoms with Gasteiger partial charge in [0.25, 0.3) is 5.91 Å². The van der Waals surface area contributed by atoms with Crippen LogP contribution in [0.3, 0.4) is 0 Å². The van der Waals surface area contributed by atoms with Gasteiger partial charge in [-0.1, -0.05) is 25.1 Å². The summed E-state index contributed by atoms with van der Waals surface area (Å²) in [4.78, 5) is 19.8. The van der Waals surface area contributed by atoms with Crippen LogP contribution in [0.5, 0.6) is 0 Å². The minimum Gasteiger partial charge on any atom is -0.336 e. The Morgan fingerprint density at radius 2 is 1.83 bits per heavy atom. The van der Waals surface area contributed by atoms with E-state index in [1.807, 2.05) is 47.9 Å². The first-order chi connectivity index (χ1) is 17.6. The number of carbonyl (C=O) groups is 1. The van der Waals surface area contributed by atoms with Crippen molar-refractivity contribution in [3.63, 3.8) is 0 Å². The van der Waals surface area contributed by atoms with Gasteiger partial charge in [-0.25, -0.2) is 4.98 Å². The van der Waals surface area contributed by atoms with Crippen LogP contribution in [-0.2, 0) is 24.7 Å². The van der Waals surface area contributed by atoms with E-state index in [1.54, 1.807) is 0 Å². The lowest BCUT2D eigenvalue weighted by atomic mass is 9.91. The second-order valence-electron chi connectivity index (χ2n) is 8.58. The maximum Gasteiger partial charge on any atom is 0.253 e. The summed E-state index contributed by atoms with van der Waals surface area (Å²) in [6, 6.07) is 12.1. The number of rotatable bonds is 3. The van der Waals surface area contributed by atoms with E-state index in [2.05, 4.69) is 36.9 Å². The van der Waals surface area contributed by atoms with Crippen molar-refractivity contribution >= 4 is 47.3 Å². The second-order valence-corrected chi connectivity index (χ2v) is 9.69. The molecular weight excluding hydrogens is 490 g/mol. The first kappa shape index (κ1) is 27.9. The van der Waals surface area contributed by atoms with Gasteiger partial charge < -0.3 is 21.4 Å². The average Bonchev–Trinajstić information content (AvgIpc) is 2.94.